The molecule has 1 amide bonds. The lowest BCUT2D eigenvalue weighted by Crippen LogP contribution is -2.42. The number of carbonyl (C=O) groups excluding carboxylic acids is 2. The molecule has 0 fully saturated rings. The van der Waals surface area contributed by atoms with Gasteiger partial charge in [0, 0.05) is 29.6 Å². The smallest absolute Gasteiger partial charge is 0.328 e. The van der Waals surface area contributed by atoms with Crippen molar-refractivity contribution < 1.29 is 14.3 Å². The van der Waals surface area contributed by atoms with Crippen LogP contribution in [0.15, 0.2) is 42.1 Å². The molecule has 0 aliphatic heterocycles. The molecule has 22 heavy (non-hydrogen) atoms. The summed E-state index contributed by atoms with van der Waals surface area (Å²) in [5, 5.41) is 3.73. The standard InChI is InChI=1S/C17H20N2O3/c1-11(2)8-16(20)19-15(17(21)22-3)9-12-10-18-14-7-5-4-6-13(12)14/h4-8,10,15,18H,9H2,1-3H3,(H,19,20)/t15-/m0/s1. The number of carbonyl (C=O) groups is 2. The lowest BCUT2D eigenvalue weighted by Gasteiger charge is -2.15. The molecular weight excluding hydrogens is 280 g/mol. The van der Waals surface area contributed by atoms with E-state index >= 15 is 0 Å². The van der Waals surface area contributed by atoms with Gasteiger partial charge in [-0.2, -0.15) is 0 Å². The van der Waals surface area contributed by atoms with E-state index in [1.54, 1.807) is 0 Å². The third-order valence-corrected chi connectivity index (χ3v) is 3.32. The average Bonchev–Trinajstić information content (AvgIpc) is 2.88. The van der Waals surface area contributed by atoms with Gasteiger partial charge in [0.2, 0.25) is 5.91 Å². The van der Waals surface area contributed by atoms with Gasteiger partial charge in [-0.15, -0.1) is 0 Å². The summed E-state index contributed by atoms with van der Waals surface area (Å²) in [5.74, 6) is -0.754. The second-order valence-electron chi connectivity index (χ2n) is 5.37. The van der Waals surface area contributed by atoms with Crippen molar-refractivity contribution >= 4 is 22.8 Å². The Labute approximate surface area is 129 Å². The van der Waals surface area contributed by atoms with Gasteiger partial charge in [0.05, 0.1) is 7.11 Å². The number of methoxy groups -OCH3 is 1. The summed E-state index contributed by atoms with van der Waals surface area (Å²) in [5.41, 5.74) is 2.83. The van der Waals surface area contributed by atoms with Crippen LogP contribution >= 0.6 is 0 Å². The van der Waals surface area contributed by atoms with E-state index in [1.807, 2.05) is 44.3 Å². The lowest BCUT2D eigenvalue weighted by molar-refractivity contribution is -0.144. The van der Waals surface area contributed by atoms with E-state index in [4.69, 9.17) is 4.74 Å². The molecule has 5 nitrogen and oxygen atoms in total. The van der Waals surface area contributed by atoms with Crippen LogP contribution in [0.2, 0.25) is 0 Å². The fourth-order valence-corrected chi connectivity index (χ4v) is 2.33. The van der Waals surface area contributed by atoms with E-state index < -0.39 is 12.0 Å². The Balaban J connectivity index is 2.21. The Morgan fingerprint density at radius 3 is 2.73 bits per heavy atom. The highest BCUT2D eigenvalue weighted by atomic mass is 16.5. The molecule has 0 spiro atoms. The van der Waals surface area contributed by atoms with Crippen molar-refractivity contribution in [2.45, 2.75) is 26.3 Å². The van der Waals surface area contributed by atoms with Crippen LogP contribution in [0.4, 0.5) is 0 Å². The van der Waals surface area contributed by atoms with Crippen molar-refractivity contribution in [2.24, 2.45) is 0 Å². The molecule has 0 aliphatic carbocycles. The highest BCUT2D eigenvalue weighted by Gasteiger charge is 2.22. The molecule has 0 aliphatic rings. The molecule has 0 radical (unpaired) electrons. The summed E-state index contributed by atoms with van der Waals surface area (Å²) in [6.07, 6.45) is 3.69. The van der Waals surface area contributed by atoms with E-state index in [2.05, 4.69) is 10.3 Å². The van der Waals surface area contributed by atoms with Crippen LogP contribution in [0.1, 0.15) is 19.4 Å². The van der Waals surface area contributed by atoms with Crippen molar-refractivity contribution in [3.05, 3.63) is 47.7 Å². The van der Waals surface area contributed by atoms with Crippen LogP contribution in [0.5, 0.6) is 0 Å². The second kappa shape index (κ2) is 6.93. The van der Waals surface area contributed by atoms with Crippen LogP contribution in [0.3, 0.4) is 0 Å². The van der Waals surface area contributed by atoms with Crippen LogP contribution in [0, 0.1) is 0 Å². The fraction of sp³-hybridized carbons (Fsp3) is 0.294. The normalized spacial score (nSPS) is 11.8. The Bertz CT molecular complexity index is 712. The average molecular weight is 300 g/mol. The first-order chi connectivity index (χ1) is 10.5. The van der Waals surface area contributed by atoms with Gasteiger partial charge in [0.15, 0.2) is 0 Å². The molecule has 0 unspecified atom stereocenters. The minimum absolute atomic E-state index is 0.296. The predicted octanol–water partition coefficient (Wildman–Crippen LogP) is 2.33. The van der Waals surface area contributed by atoms with Crippen molar-refractivity contribution in [3.63, 3.8) is 0 Å². The minimum Gasteiger partial charge on any atom is -0.467 e. The molecule has 116 valence electrons. The van der Waals surface area contributed by atoms with E-state index in [0.29, 0.717) is 6.42 Å². The molecule has 2 N–H and O–H groups in total. The van der Waals surface area contributed by atoms with Gasteiger partial charge in [0.1, 0.15) is 6.04 Å². The van der Waals surface area contributed by atoms with Crippen molar-refractivity contribution in [3.8, 4) is 0 Å². The molecule has 0 saturated carbocycles. The first-order valence-electron chi connectivity index (χ1n) is 7.09. The van der Waals surface area contributed by atoms with Crippen molar-refractivity contribution in [1.29, 1.82) is 0 Å². The van der Waals surface area contributed by atoms with Gasteiger partial charge in [-0.25, -0.2) is 4.79 Å². The van der Waals surface area contributed by atoms with Crippen LogP contribution in [-0.2, 0) is 20.7 Å². The Morgan fingerprint density at radius 2 is 2.05 bits per heavy atom. The molecule has 1 atom stereocenters. The molecule has 1 heterocycles. The van der Waals surface area contributed by atoms with Gasteiger partial charge in [-0.3, -0.25) is 4.79 Å². The number of para-hydroxylation sites is 1. The third-order valence-electron chi connectivity index (χ3n) is 3.32. The maximum Gasteiger partial charge on any atom is 0.328 e. The number of amides is 1. The summed E-state index contributed by atoms with van der Waals surface area (Å²) in [7, 11) is 1.32. The number of rotatable bonds is 5. The molecule has 1 aromatic heterocycles. The van der Waals surface area contributed by atoms with Crippen molar-refractivity contribution in [1.82, 2.24) is 10.3 Å². The minimum atomic E-state index is -0.715. The zero-order valence-corrected chi connectivity index (χ0v) is 13.0. The number of H-pyrrole nitrogens is 1. The Kier molecular flexibility index (Phi) is 4.99. The Hall–Kier alpha value is -2.56. The largest absolute Gasteiger partial charge is 0.467 e. The number of benzene rings is 1. The van der Waals surface area contributed by atoms with E-state index in [9.17, 15) is 9.59 Å². The topological polar surface area (TPSA) is 71.2 Å². The number of aromatic amines is 1. The number of esters is 1. The molecule has 2 rings (SSSR count). The quantitative estimate of drug-likeness (QED) is 0.657. The third kappa shape index (κ3) is 3.75. The van der Waals surface area contributed by atoms with Crippen LogP contribution in [0.25, 0.3) is 10.9 Å². The van der Waals surface area contributed by atoms with E-state index in [1.165, 1.54) is 13.2 Å². The highest BCUT2D eigenvalue weighted by Crippen LogP contribution is 2.19. The fourth-order valence-electron chi connectivity index (χ4n) is 2.33. The monoisotopic (exact) mass is 300 g/mol. The predicted molar refractivity (Wildman–Crippen MR) is 85.4 cm³/mol. The molecule has 5 heteroatoms. The van der Waals surface area contributed by atoms with Gasteiger partial charge < -0.3 is 15.0 Å². The number of nitrogens with one attached hydrogen (secondary N) is 2. The zero-order chi connectivity index (χ0) is 16.1. The van der Waals surface area contributed by atoms with Gasteiger partial charge in [-0.1, -0.05) is 23.8 Å². The summed E-state index contributed by atoms with van der Waals surface area (Å²) >= 11 is 0. The SMILES string of the molecule is COC(=O)[C@H](Cc1c[nH]c2ccccc12)NC(=O)C=C(C)C. The number of aromatic nitrogens is 1. The van der Waals surface area contributed by atoms with Gasteiger partial charge >= 0.3 is 5.97 Å². The maximum absolute atomic E-state index is 11.9. The summed E-state index contributed by atoms with van der Waals surface area (Å²) < 4.78 is 4.79. The Morgan fingerprint density at radius 1 is 1.32 bits per heavy atom. The van der Waals surface area contributed by atoms with Crippen LogP contribution < -0.4 is 5.32 Å². The van der Waals surface area contributed by atoms with Gasteiger partial charge in [0.25, 0.3) is 0 Å². The molecule has 2 aromatic rings. The van der Waals surface area contributed by atoms with Gasteiger partial charge in [-0.05, 0) is 25.5 Å². The van der Waals surface area contributed by atoms with Crippen molar-refractivity contribution in [2.75, 3.05) is 7.11 Å². The lowest BCUT2D eigenvalue weighted by atomic mass is 10.0. The van der Waals surface area contributed by atoms with Crippen LogP contribution in [-0.4, -0.2) is 30.0 Å². The van der Waals surface area contributed by atoms with E-state index in [-0.39, 0.29) is 5.91 Å². The number of hydrogen-bond acceptors (Lipinski definition) is 3. The number of ether oxygens (including phenoxy) is 1. The first-order valence-corrected chi connectivity index (χ1v) is 7.09. The number of allylic oxidation sites excluding steroid dienone is 1. The number of hydrogen-bond donors (Lipinski definition) is 2. The number of fused-ring (bicyclic) bond motifs is 1. The molecule has 0 bridgehead atoms. The zero-order valence-electron chi connectivity index (χ0n) is 13.0. The summed E-state index contributed by atoms with van der Waals surface area (Å²) in [6, 6.07) is 7.11. The maximum atomic E-state index is 11.9. The molecule has 0 saturated heterocycles. The van der Waals surface area contributed by atoms with E-state index in [0.717, 1.165) is 22.0 Å². The molecule has 1 aromatic carbocycles. The summed E-state index contributed by atoms with van der Waals surface area (Å²) in [4.78, 5) is 27.0. The summed E-state index contributed by atoms with van der Waals surface area (Å²) in [6.45, 7) is 3.65. The second-order valence-corrected chi connectivity index (χ2v) is 5.37. The highest BCUT2D eigenvalue weighted by molar-refractivity contribution is 5.92. The molecular formula is C17H20N2O3. The first kappa shape index (κ1) is 15.8.